The van der Waals surface area contributed by atoms with Gasteiger partial charge >= 0.3 is 0 Å². The quantitative estimate of drug-likeness (QED) is 0.467. The van der Waals surface area contributed by atoms with E-state index in [4.69, 9.17) is 0 Å². The largest absolute Gasteiger partial charge is 0.320 e. The Hall–Kier alpha value is -0.340. The molecule has 2 heteroatoms. The summed E-state index contributed by atoms with van der Waals surface area (Å²) in [6.45, 7) is 6.74. The lowest BCUT2D eigenvalue weighted by atomic mass is 10.1. The van der Waals surface area contributed by atoms with E-state index in [9.17, 15) is 0 Å². The minimum atomic E-state index is 0.694. The van der Waals surface area contributed by atoms with Gasteiger partial charge in [0.1, 0.15) is 0 Å². The Kier molecular flexibility index (Phi) is 9.96. The van der Waals surface area contributed by atoms with E-state index in [0.29, 0.717) is 6.04 Å². The average Bonchev–Trinajstić information content (AvgIpc) is 2.25. The van der Waals surface area contributed by atoms with Crippen molar-refractivity contribution in [3.63, 3.8) is 0 Å². The molecule has 90 valence electrons. The van der Waals surface area contributed by atoms with Crippen LogP contribution in [0.15, 0.2) is 12.2 Å². The molecule has 0 aromatic rings. The monoisotopic (exact) mass is 212 g/mol. The lowest BCUT2D eigenvalue weighted by Gasteiger charge is -2.24. The first kappa shape index (κ1) is 14.7. The highest BCUT2D eigenvalue weighted by Gasteiger charge is 2.06. The molecule has 0 heterocycles. The van der Waals surface area contributed by atoms with Crippen molar-refractivity contribution in [1.29, 1.82) is 0 Å². The zero-order valence-corrected chi connectivity index (χ0v) is 10.9. The van der Waals surface area contributed by atoms with Crippen LogP contribution in [0.1, 0.15) is 39.5 Å². The molecule has 15 heavy (non-hydrogen) atoms. The highest BCUT2D eigenvalue weighted by Crippen LogP contribution is 2.04. The third-order valence-electron chi connectivity index (χ3n) is 2.93. The van der Waals surface area contributed by atoms with E-state index >= 15 is 0 Å². The summed E-state index contributed by atoms with van der Waals surface area (Å²) in [4.78, 5) is 2.47. The minimum Gasteiger partial charge on any atom is -0.320 e. The maximum atomic E-state index is 3.20. The van der Waals surface area contributed by atoms with Gasteiger partial charge in [0.05, 0.1) is 0 Å². The van der Waals surface area contributed by atoms with Gasteiger partial charge in [0.2, 0.25) is 0 Å². The SMILES string of the molecule is C/C=C/CCCCN(C)C(C)CCNC. The first-order chi connectivity index (χ1) is 7.22. The fourth-order valence-electron chi connectivity index (χ4n) is 1.58. The first-order valence-electron chi connectivity index (χ1n) is 6.18. The number of hydrogen-bond donors (Lipinski definition) is 1. The van der Waals surface area contributed by atoms with Gasteiger partial charge in [-0.15, -0.1) is 0 Å². The molecule has 0 amide bonds. The second-order valence-corrected chi connectivity index (χ2v) is 4.29. The van der Waals surface area contributed by atoms with Crippen LogP contribution in [0.5, 0.6) is 0 Å². The highest BCUT2D eigenvalue weighted by molar-refractivity contribution is 4.76. The number of nitrogens with zero attached hydrogens (tertiary/aromatic N) is 1. The van der Waals surface area contributed by atoms with E-state index in [1.165, 1.54) is 32.2 Å². The molecule has 0 spiro atoms. The average molecular weight is 212 g/mol. The normalized spacial score (nSPS) is 13.9. The topological polar surface area (TPSA) is 15.3 Å². The van der Waals surface area contributed by atoms with Crippen LogP contribution >= 0.6 is 0 Å². The fraction of sp³-hybridized carbons (Fsp3) is 0.846. The van der Waals surface area contributed by atoms with Crippen molar-refractivity contribution < 1.29 is 0 Å². The van der Waals surface area contributed by atoms with Gasteiger partial charge in [0, 0.05) is 6.04 Å². The van der Waals surface area contributed by atoms with Gasteiger partial charge in [-0.05, 0) is 66.7 Å². The van der Waals surface area contributed by atoms with Gasteiger partial charge in [-0.3, -0.25) is 0 Å². The molecule has 2 nitrogen and oxygen atoms in total. The van der Waals surface area contributed by atoms with Crippen molar-refractivity contribution in [1.82, 2.24) is 10.2 Å². The Balaban J connectivity index is 3.41. The summed E-state index contributed by atoms with van der Waals surface area (Å²) in [7, 11) is 4.25. The number of rotatable bonds is 9. The number of unbranched alkanes of at least 4 members (excludes halogenated alkanes) is 2. The van der Waals surface area contributed by atoms with Crippen LogP contribution in [-0.2, 0) is 0 Å². The van der Waals surface area contributed by atoms with Crippen LogP contribution in [0.3, 0.4) is 0 Å². The first-order valence-corrected chi connectivity index (χ1v) is 6.18. The smallest absolute Gasteiger partial charge is 0.00759 e. The van der Waals surface area contributed by atoms with Crippen molar-refractivity contribution >= 4 is 0 Å². The second kappa shape index (κ2) is 10.2. The van der Waals surface area contributed by atoms with Gasteiger partial charge in [-0.25, -0.2) is 0 Å². The molecule has 1 N–H and O–H groups in total. The van der Waals surface area contributed by atoms with E-state index in [2.05, 4.69) is 43.3 Å². The summed E-state index contributed by atoms with van der Waals surface area (Å²) in [5.74, 6) is 0. The predicted octanol–water partition coefficient (Wildman–Crippen LogP) is 2.66. The summed E-state index contributed by atoms with van der Waals surface area (Å²) in [5, 5.41) is 3.20. The van der Waals surface area contributed by atoms with Gasteiger partial charge in [-0.2, -0.15) is 0 Å². The Labute approximate surface area is 95.7 Å². The van der Waals surface area contributed by atoms with Crippen molar-refractivity contribution in [2.75, 3.05) is 27.2 Å². The maximum Gasteiger partial charge on any atom is 0.00759 e. The van der Waals surface area contributed by atoms with Crippen molar-refractivity contribution in [3.8, 4) is 0 Å². The number of nitrogens with one attached hydrogen (secondary N) is 1. The second-order valence-electron chi connectivity index (χ2n) is 4.29. The van der Waals surface area contributed by atoms with E-state index in [0.717, 1.165) is 6.54 Å². The minimum absolute atomic E-state index is 0.694. The Bertz CT molecular complexity index is 155. The summed E-state index contributed by atoms with van der Waals surface area (Å²) < 4.78 is 0. The molecule has 0 saturated carbocycles. The Morgan fingerprint density at radius 1 is 1.33 bits per heavy atom. The zero-order chi connectivity index (χ0) is 11.5. The summed E-state index contributed by atoms with van der Waals surface area (Å²) in [6, 6.07) is 0.694. The van der Waals surface area contributed by atoms with Gasteiger partial charge in [0.25, 0.3) is 0 Å². The molecule has 1 unspecified atom stereocenters. The molecule has 1 atom stereocenters. The molecule has 0 aliphatic rings. The highest BCUT2D eigenvalue weighted by atomic mass is 15.1. The van der Waals surface area contributed by atoms with E-state index in [1.807, 2.05) is 7.05 Å². The van der Waals surface area contributed by atoms with Gasteiger partial charge < -0.3 is 10.2 Å². The summed E-state index contributed by atoms with van der Waals surface area (Å²) in [6.07, 6.45) is 9.49. The van der Waals surface area contributed by atoms with E-state index in [1.54, 1.807) is 0 Å². The lowest BCUT2D eigenvalue weighted by Crippen LogP contribution is -2.32. The predicted molar refractivity (Wildman–Crippen MR) is 69.3 cm³/mol. The molecule has 0 aromatic carbocycles. The molecule has 0 aliphatic carbocycles. The third-order valence-corrected chi connectivity index (χ3v) is 2.93. The van der Waals surface area contributed by atoms with Crippen molar-refractivity contribution in [2.45, 2.75) is 45.6 Å². The molecular weight excluding hydrogens is 184 g/mol. The Morgan fingerprint density at radius 2 is 2.07 bits per heavy atom. The van der Waals surface area contributed by atoms with Crippen LogP contribution in [0, 0.1) is 0 Å². The van der Waals surface area contributed by atoms with Crippen LogP contribution in [0.4, 0.5) is 0 Å². The molecule has 0 fully saturated rings. The number of allylic oxidation sites excluding steroid dienone is 2. The molecule has 0 radical (unpaired) electrons. The maximum absolute atomic E-state index is 3.20. The van der Waals surface area contributed by atoms with Crippen LogP contribution in [-0.4, -0.2) is 38.1 Å². The van der Waals surface area contributed by atoms with Crippen LogP contribution in [0.25, 0.3) is 0 Å². The van der Waals surface area contributed by atoms with E-state index < -0.39 is 0 Å². The molecule has 0 aromatic heterocycles. The molecular formula is C13H28N2. The van der Waals surface area contributed by atoms with Crippen molar-refractivity contribution in [2.24, 2.45) is 0 Å². The van der Waals surface area contributed by atoms with E-state index in [-0.39, 0.29) is 0 Å². The number of hydrogen-bond acceptors (Lipinski definition) is 2. The molecule has 0 aliphatic heterocycles. The van der Waals surface area contributed by atoms with Gasteiger partial charge in [-0.1, -0.05) is 12.2 Å². The third kappa shape index (κ3) is 8.64. The van der Waals surface area contributed by atoms with Gasteiger partial charge in [0.15, 0.2) is 0 Å². The lowest BCUT2D eigenvalue weighted by molar-refractivity contribution is 0.241. The molecule has 0 saturated heterocycles. The zero-order valence-electron chi connectivity index (χ0n) is 10.9. The molecule has 0 bridgehead atoms. The van der Waals surface area contributed by atoms with Crippen molar-refractivity contribution in [3.05, 3.63) is 12.2 Å². The standard InChI is InChI=1S/C13H28N2/c1-5-6-7-8-9-12-15(4)13(2)10-11-14-3/h5-6,13-14H,7-12H2,1-4H3/b6-5+. The van der Waals surface area contributed by atoms with Crippen LogP contribution in [0.2, 0.25) is 0 Å². The Morgan fingerprint density at radius 3 is 2.67 bits per heavy atom. The summed E-state index contributed by atoms with van der Waals surface area (Å²) in [5.41, 5.74) is 0. The fourth-order valence-corrected chi connectivity index (χ4v) is 1.58. The van der Waals surface area contributed by atoms with Crippen LogP contribution < -0.4 is 5.32 Å². The summed E-state index contributed by atoms with van der Waals surface area (Å²) >= 11 is 0. The molecule has 0 rings (SSSR count).